The van der Waals surface area contributed by atoms with Crippen molar-refractivity contribution in [2.24, 2.45) is 5.92 Å². The Bertz CT molecular complexity index is 350. The molecule has 0 spiro atoms. The van der Waals surface area contributed by atoms with Crippen LogP contribution < -0.4 is 5.32 Å². The van der Waals surface area contributed by atoms with Crippen molar-refractivity contribution < 1.29 is 0 Å². The van der Waals surface area contributed by atoms with Crippen LogP contribution in [-0.2, 0) is 0 Å². The van der Waals surface area contributed by atoms with Crippen LogP contribution >= 0.6 is 0 Å². The zero-order valence-corrected chi connectivity index (χ0v) is 11.5. The van der Waals surface area contributed by atoms with E-state index in [0.29, 0.717) is 5.92 Å². The first-order valence-electron chi connectivity index (χ1n) is 6.44. The minimum absolute atomic E-state index is 0.700. The third-order valence-corrected chi connectivity index (χ3v) is 2.65. The Morgan fingerprint density at radius 2 is 2.18 bits per heavy atom. The molecule has 94 valence electrons. The van der Waals surface area contributed by atoms with Crippen LogP contribution in [0, 0.1) is 12.8 Å². The third kappa shape index (κ3) is 5.64. The monoisotopic (exact) mass is 232 g/mol. The first-order chi connectivity index (χ1) is 8.11. The molecule has 0 atom stereocenters. The predicted molar refractivity (Wildman–Crippen MR) is 74.9 cm³/mol. The molecule has 1 N–H and O–H groups in total. The lowest BCUT2D eigenvalue weighted by Gasteiger charge is -2.09. The topological polar surface area (TPSA) is 24.9 Å². The summed E-state index contributed by atoms with van der Waals surface area (Å²) in [5.74, 6) is 0.700. The smallest absolute Gasteiger partial charge is 0.0629 e. The molecule has 0 aliphatic carbocycles. The van der Waals surface area contributed by atoms with Gasteiger partial charge in [-0.3, -0.25) is 4.98 Å². The lowest BCUT2D eigenvalue weighted by molar-refractivity contribution is 0.569. The summed E-state index contributed by atoms with van der Waals surface area (Å²) in [7, 11) is 0. The highest BCUT2D eigenvalue weighted by Crippen LogP contribution is 2.07. The number of nitrogens with zero attached hydrogens (tertiary/aromatic N) is 1. The van der Waals surface area contributed by atoms with Gasteiger partial charge in [-0.15, -0.1) is 0 Å². The molecule has 0 aliphatic heterocycles. The highest BCUT2D eigenvalue weighted by Gasteiger charge is 1.98. The number of aromatic nitrogens is 1. The molecule has 0 aromatic carbocycles. The Morgan fingerprint density at radius 3 is 2.71 bits per heavy atom. The van der Waals surface area contributed by atoms with Crippen molar-refractivity contribution in [3.8, 4) is 0 Å². The normalized spacial score (nSPS) is 12.2. The Hall–Kier alpha value is -1.15. The number of hydrogen-bond acceptors (Lipinski definition) is 2. The number of rotatable bonds is 6. The van der Waals surface area contributed by atoms with E-state index in [1.807, 2.05) is 6.20 Å². The van der Waals surface area contributed by atoms with Gasteiger partial charge in [-0.2, -0.15) is 0 Å². The van der Waals surface area contributed by atoms with Gasteiger partial charge in [0.25, 0.3) is 0 Å². The number of aryl methyl sites for hydroxylation is 1. The lowest BCUT2D eigenvalue weighted by Crippen LogP contribution is -2.21. The molecule has 1 rings (SSSR count). The zero-order valence-electron chi connectivity index (χ0n) is 11.5. The molecule has 0 radical (unpaired) electrons. The number of hydrogen-bond donors (Lipinski definition) is 1. The van der Waals surface area contributed by atoms with Gasteiger partial charge in [-0.05, 0) is 43.5 Å². The first-order valence-corrected chi connectivity index (χ1v) is 6.44. The molecule has 0 aliphatic rings. The molecular formula is C15H24N2. The first kappa shape index (κ1) is 13.9. The molecule has 0 saturated carbocycles. The summed E-state index contributed by atoms with van der Waals surface area (Å²) in [5, 5.41) is 3.47. The Morgan fingerprint density at radius 1 is 1.41 bits per heavy atom. The van der Waals surface area contributed by atoms with Crippen LogP contribution in [0.1, 0.15) is 38.4 Å². The summed E-state index contributed by atoms with van der Waals surface area (Å²) in [6.45, 7) is 10.7. The maximum Gasteiger partial charge on any atom is 0.0629 e. The third-order valence-electron chi connectivity index (χ3n) is 2.65. The quantitative estimate of drug-likeness (QED) is 0.813. The van der Waals surface area contributed by atoms with Crippen molar-refractivity contribution in [1.82, 2.24) is 10.3 Å². The fourth-order valence-electron chi connectivity index (χ4n) is 1.57. The minimum atomic E-state index is 0.700. The summed E-state index contributed by atoms with van der Waals surface area (Å²) in [6.07, 6.45) is 5.17. The van der Waals surface area contributed by atoms with E-state index in [9.17, 15) is 0 Å². The fraction of sp³-hybridized carbons (Fsp3) is 0.533. The largest absolute Gasteiger partial charge is 0.313 e. The second-order valence-corrected chi connectivity index (χ2v) is 4.94. The molecule has 17 heavy (non-hydrogen) atoms. The van der Waals surface area contributed by atoms with E-state index in [1.165, 1.54) is 11.1 Å². The Labute approximate surface area is 105 Å². The van der Waals surface area contributed by atoms with Gasteiger partial charge in [0.15, 0.2) is 0 Å². The summed E-state index contributed by atoms with van der Waals surface area (Å²) >= 11 is 0. The number of pyridine rings is 1. The summed E-state index contributed by atoms with van der Waals surface area (Å²) in [5.41, 5.74) is 3.67. The van der Waals surface area contributed by atoms with E-state index in [-0.39, 0.29) is 0 Å². The summed E-state index contributed by atoms with van der Waals surface area (Å²) < 4.78 is 0. The van der Waals surface area contributed by atoms with Crippen LogP contribution in [0.15, 0.2) is 23.9 Å². The van der Waals surface area contributed by atoms with Gasteiger partial charge in [-0.1, -0.05) is 32.4 Å². The van der Waals surface area contributed by atoms with E-state index in [4.69, 9.17) is 0 Å². The molecule has 0 amide bonds. The van der Waals surface area contributed by atoms with Crippen molar-refractivity contribution >= 4 is 6.08 Å². The molecule has 2 heteroatoms. The zero-order chi connectivity index (χ0) is 12.7. The van der Waals surface area contributed by atoms with E-state index in [2.05, 4.69) is 56.2 Å². The van der Waals surface area contributed by atoms with E-state index < -0.39 is 0 Å². The van der Waals surface area contributed by atoms with Crippen molar-refractivity contribution in [2.75, 3.05) is 13.1 Å². The van der Waals surface area contributed by atoms with Gasteiger partial charge in [0.1, 0.15) is 0 Å². The molecule has 2 nitrogen and oxygen atoms in total. The summed E-state index contributed by atoms with van der Waals surface area (Å²) in [4.78, 5) is 4.41. The van der Waals surface area contributed by atoms with Crippen LogP contribution in [0.2, 0.25) is 0 Å². The van der Waals surface area contributed by atoms with Crippen LogP contribution in [-0.4, -0.2) is 18.1 Å². The van der Waals surface area contributed by atoms with Gasteiger partial charge in [0.05, 0.1) is 5.69 Å². The summed E-state index contributed by atoms with van der Waals surface area (Å²) in [6, 6.07) is 4.18. The SMILES string of the molecule is CC/C(=C/c1ccc(C)cn1)CNCC(C)C. The predicted octanol–water partition coefficient (Wildman–Crippen LogP) is 3.43. The van der Waals surface area contributed by atoms with E-state index in [0.717, 1.165) is 25.2 Å². The van der Waals surface area contributed by atoms with Gasteiger partial charge in [0.2, 0.25) is 0 Å². The van der Waals surface area contributed by atoms with Crippen LogP contribution in [0.5, 0.6) is 0 Å². The Balaban J connectivity index is 2.57. The second kappa shape index (κ2) is 7.23. The molecular weight excluding hydrogens is 208 g/mol. The fourth-order valence-corrected chi connectivity index (χ4v) is 1.57. The average Bonchev–Trinajstić information content (AvgIpc) is 2.30. The molecule has 0 fully saturated rings. The minimum Gasteiger partial charge on any atom is -0.313 e. The van der Waals surface area contributed by atoms with Crippen molar-refractivity contribution in [3.63, 3.8) is 0 Å². The molecule has 0 bridgehead atoms. The van der Waals surface area contributed by atoms with Gasteiger partial charge >= 0.3 is 0 Å². The molecule has 0 unspecified atom stereocenters. The molecule has 0 saturated heterocycles. The standard InChI is InChI=1S/C15H24N2/c1-5-14(11-16-9-12(2)3)8-15-7-6-13(4)10-17-15/h6-8,10,12,16H,5,9,11H2,1-4H3/b14-8-. The van der Waals surface area contributed by atoms with Crippen LogP contribution in [0.25, 0.3) is 6.08 Å². The van der Waals surface area contributed by atoms with Crippen molar-refractivity contribution in [1.29, 1.82) is 0 Å². The Kier molecular flexibility index (Phi) is 5.92. The van der Waals surface area contributed by atoms with Crippen molar-refractivity contribution in [3.05, 3.63) is 35.2 Å². The van der Waals surface area contributed by atoms with Gasteiger partial charge in [0, 0.05) is 12.7 Å². The average molecular weight is 232 g/mol. The highest BCUT2D eigenvalue weighted by atomic mass is 14.9. The maximum atomic E-state index is 4.41. The highest BCUT2D eigenvalue weighted by molar-refractivity contribution is 5.49. The molecule has 1 heterocycles. The lowest BCUT2D eigenvalue weighted by atomic mass is 10.1. The molecule has 1 aromatic heterocycles. The van der Waals surface area contributed by atoms with Gasteiger partial charge in [-0.25, -0.2) is 0 Å². The molecule has 1 aromatic rings. The maximum absolute atomic E-state index is 4.41. The number of nitrogens with one attached hydrogen (secondary N) is 1. The van der Waals surface area contributed by atoms with Gasteiger partial charge < -0.3 is 5.32 Å². The second-order valence-electron chi connectivity index (χ2n) is 4.94. The van der Waals surface area contributed by atoms with Crippen molar-refractivity contribution in [2.45, 2.75) is 34.1 Å². The van der Waals surface area contributed by atoms with Crippen LogP contribution in [0.4, 0.5) is 0 Å². The van der Waals surface area contributed by atoms with Crippen LogP contribution in [0.3, 0.4) is 0 Å². The van der Waals surface area contributed by atoms with E-state index in [1.54, 1.807) is 0 Å². The van der Waals surface area contributed by atoms with E-state index >= 15 is 0 Å².